The maximum Gasteiger partial charge on any atom is 0.262 e. The van der Waals surface area contributed by atoms with Gasteiger partial charge >= 0.3 is 0 Å². The van der Waals surface area contributed by atoms with Crippen LogP contribution in [0.15, 0.2) is 62.9 Å². The zero-order chi connectivity index (χ0) is 19.3. The SMILES string of the molecule is CCCCn1c(SCCCc2nc3ccccc3o2)nc2ccccc2c1=O. The van der Waals surface area contributed by atoms with E-state index in [9.17, 15) is 4.79 Å². The highest BCUT2D eigenvalue weighted by Crippen LogP contribution is 2.21. The summed E-state index contributed by atoms with van der Waals surface area (Å²) in [6.07, 6.45) is 3.69. The number of hydrogen-bond donors (Lipinski definition) is 0. The Balaban J connectivity index is 1.47. The lowest BCUT2D eigenvalue weighted by Gasteiger charge is -2.12. The second-order valence-electron chi connectivity index (χ2n) is 6.75. The fraction of sp³-hybridized carbons (Fsp3) is 0.318. The molecule has 5 nitrogen and oxygen atoms in total. The molecule has 0 aliphatic rings. The Bertz CT molecular complexity index is 1120. The van der Waals surface area contributed by atoms with Crippen LogP contribution in [-0.4, -0.2) is 20.3 Å². The second kappa shape index (κ2) is 8.61. The molecule has 0 saturated heterocycles. The largest absolute Gasteiger partial charge is 0.441 e. The number of benzene rings is 2. The van der Waals surface area contributed by atoms with E-state index in [0.29, 0.717) is 11.9 Å². The van der Waals surface area contributed by atoms with Gasteiger partial charge in [-0.3, -0.25) is 9.36 Å². The smallest absolute Gasteiger partial charge is 0.262 e. The minimum atomic E-state index is 0.0560. The van der Waals surface area contributed by atoms with E-state index in [4.69, 9.17) is 9.40 Å². The Morgan fingerprint density at radius 2 is 1.79 bits per heavy atom. The van der Waals surface area contributed by atoms with Crippen molar-refractivity contribution >= 4 is 33.8 Å². The standard InChI is InChI=1S/C22H23N3O2S/c1-2-3-14-25-21(26)16-9-4-5-10-17(16)24-22(25)28-15-8-13-20-23-18-11-6-7-12-19(18)27-20/h4-7,9-12H,2-3,8,13-15H2,1H3. The zero-order valence-electron chi connectivity index (χ0n) is 15.9. The Morgan fingerprint density at radius 1 is 1.00 bits per heavy atom. The molecule has 2 aromatic carbocycles. The second-order valence-corrected chi connectivity index (χ2v) is 7.81. The van der Waals surface area contributed by atoms with Gasteiger partial charge in [-0.05, 0) is 37.1 Å². The number of fused-ring (bicyclic) bond motifs is 2. The van der Waals surface area contributed by atoms with Gasteiger partial charge in [-0.25, -0.2) is 9.97 Å². The highest BCUT2D eigenvalue weighted by atomic mass is 32.2. The molecule has 0 spiro atoms. The zero-order valence-corrected chi connectivity index (χ0v) is 16.7. The summed E-state index contributed by atoms with van der Waals surface area (Å²) in [6, 6.07) is 15.4. The molecule has 0 aliphatic heterocycles. The van der Waals surface area contributed by atoms with Crippen LogP contribution in [0.2, 0.25) is 0 Å². The molecule has 0 aliphatic carbocycles. The fourth-order valence-electron chi connectivity index (χ4n) is 3.18. The predicted octanol–water partition coefficient (Wildman–Crippen LogP) is 5.06. The molecule has 0 unspecified atom stereocenters. The van der Waals surface area contributed by atoms with Gasteiger partial charge in [0.25, 0.3) is 5.56 Å². The first-order chi connectivity index (χ1) is 13.8. The molecule has 2 aromatic heterocycles. The number of aryl methyl sites for hydroxylation is 1. The van der Waals surface area contributed by atoms with Gasteiger partial charge in [0, 0.05) is 18.7 Å². The molecule has 0 amide bonds. The van der Waals surface area contributed by atoms with Crippen molar-refractivity contribution in [3.8, 4) is 0 Å². The molecule has 0 atom stereocenters. The van der Waals surface area contributed by atoms with Crippen molar-refractivity contribution in [2.45, 2.75) is 44.3 Å². The molecule has 0 N–H and O–H groups in total. The molecule has 0 saturated carbocycles. The molecule has 4 aromatic rings. The van der Waals surface area contributed by atoms with Crippen molar-refractivity contribution in [1.29, 1.82) is 0 Å². The number of nitrogens with zero attached hydrogens (tertiary/aromatic N) is 3. The van der Waals surface area contributed by atoms with Crippen LogP contribution in [0.1, 0.15) is 32.1 Å². The quantitative estimate of drug-likeness (QED) is 0.238. The maximum absolute atomic E-state index is 12.9. The molecule has 0 radical (unpaired) electrons. The molecule has 6 heteroatoms. The third-order valence-corrected chi connectivity index (χ3v) is 5.73. The molecule has 2 heterocycles. The normalized spacial score (nSPS) is 11.5. The number of rotatable bonds is 8. The van der Waals surface area contributed by atoms with Gasteiger partial charge in [0.05, 0.1) is 10.9 Å². The van der Waals surface area contributed by atoms with Crippen molar-refractivity contribution in [2.75, 3.05) is 5.75 Å². The first kappa shape index (κ1) is 18.7. The van der Waals surface area contributed by atoms with Crippen LogP contribution in [0.5, 0.6) is 0 Å². The lowest BCUT2D eigenvalue weighted by Crippen LogP contribution is -2.23. The molecule has 0 bridgehead atoms. The Hall–Kier alpha value is -2.60. The van der Waals surface area contributed by atoms with Crippen LogP contribution in [0.3, 0.4) is 0 Å². The van der Waals surface area contributed by atoms with Gasteiger partial charge in [0.15, 0.2) is 16.6 Å². The molecule has 4 rings (SSSR count). The first-order valence-electron chi connectivity index (χ1n) is 9.73. The average Bonchev–Trinajstić information content (AvgIpc) is 3.14. The predicted molar refractivity (Wildman–Crippen MR) is 114 cm³/mol. The summed E-state index contributed by atoms with van der Waals surface area (Å²) < 4.78 is 7.61. The van der Waals surface area contributed by atoms with E-state index in [1.165, 1.54) is 0 Å². The summed E-state index contributed by atoms with van der Waals surface area (Å²) in [5, 5.41) is 1.49. The van der Waals surface area contributed by atoms with E-state index in [-0.39, 0.29) is 5.56 Å². The van der Waals surface area contributed by atoms with E-state index in [1.54, 1.807) is 11.8 Å². The topological polar surface area (TPSA) is 60.9 Å². The number of thioether (sulfide) groups is 1. The number of para-hydroxylation sites is 3. The minimum Gasteiger partial charge on any atom is -0.441 e. The highest BCUT2D eigenvalue weighted by molar-refractivity contribution is 7.99. The maximum atomic E-state index is 12.9. The molecule has 28 heavy (non-hydrogen) atoms. The van der Waals surface area contributed by atoms with Crippen LogP contribution in [-0.2, 0) is 13.0 Å². The lowest BCUT2D eigenvalue weighted by atomic mass is 10.2. The number of oxazole rings is 1. The van der Waals surface area contributed by atoms with Gasteiger partial charge in [0.2, 0.25) is 0 Å². The Kier molecular flexibility index (Phi) is 5.76. The molecule has 144 valence electrons. The van der Waals surface area contributed by atoms with Crippen molar-refractivity contribution in [2.24, 2.45) is 0 Å². The fourth-order valence-corrected chi connectivity index (χ4v) is 4.15. The van der Waals surface area contributed by atoms with E-state index in [0.717, 1.165) is 59.1 Å². The lowest BCUT2D eigenvalue weighted by molar-refractivity contribution is 0.526. The first-order valence-corrected chi connectivity index (χ1v) is 10.7. The van der Waals surface area contributed by atoms with Gasteiger partial charge in [0.1, 0.15) is 5.52 Å². The van der Waals surface area contributed by atoms with Crippen LogP contribution in [0.25, 0.3) is 22.0 Å². The van der Waals surface area contributed by atoms with Gasteiger partial charge < -0.3 is 4.42 Å². The van der Waals surface area contributed by atoms with Crippen LogP contribution in [0.4, 0.5) is 0 Å². The Morgan fingerprint density at radius 3 is 2.61 bits per heavy atom. The summed E-state index contributed by atoms with van der Waals surface area (Å²) in [4.78, 5) is 22.2. The third-order valence-electron chi connectivity index (χ3n) is 4.67. The molecule has 0 fully saturated rings. The van der Waals surface area contributed by atoms with Crippen molar-refractivity contribution in [1.82, 2.24) is 14.5 Å². The van der Waals surface area contributed by atoms with Gasteiger partial charge in [-0.1, -0.05) is 49.4 Å². The van der Waals surface area contributed by atoms with Crippen LogP contribution < -0.4 is 5.56 Å². The summed E-state index contributed by atoms with van der Waals surface area (Å²) >= 11 is 1.64. The van der Waals surface area contributed by atoms with E-state index >= 15 is 0 Å². The van der Waals surface area contributed by atoms with Crippen molar-refractivity contribution in [3.05, 3.63) is 64.8 Å². The summed E-state index contributed by atoms with van der Waals surface area (Å²) in [6.45, 7) is 2.84. The number of unbranched alkanes of at least 4 members (excludes halogenated alkanes) is 1. The number of aromatic nitrogens is 3. The van der Waals surface area contributed by atoms with E-state index in [2.05, 4.69) is 11.9 Å². The van der Waals surface area contributed by atoms with E-state index in [1.807, 2.05) is 53.1 Å². The summed E-state index contributed by atoms with van der Waals surface area (Å²) in [5.74, 6) is 1.62. The summed E-state index contributed by atoms with van der Waals surface area (Å²) in [7, 11) is 0. The van der Waals surface area contributed by atoms with Gasteiger partial charge in [-0.2, -0.15) is 0 Å². The van der Waals surface area contributed by atoms with Crippen molar-refractivity contribution in [3.63, 3.8) is 0 Å². The monoisotopic (exact) mass is 393 g/mol. The van der Waals surface area contributed by atoms with Crippen LogP contribution >= 0.6 is 11.8 Å². The Labute approximate surface area is 167 Å². The number of hydrogen-bond acceptors (Lipinski definition) is 5. The average molecular weight is 394 g/mol. The summed E-state index contributed by atoms with van der Waals surface area (Å²) in [5.41, 5.74) is 2.55. The van der Waals surface area contributed by atoms with Crippen molar-refractivity contribution < 1.29 is 4.42 Å². The highest BCUT2D eigenvalue weighted by Gasteiger charge is 2.11. The van der Waals surface area contributed by atoms with Crippen LogP contribution in [0, 0.1) is 0 Å². The third kappa shape index (κ3) is 3.97. The molecular formula is C22H23N3O2S. The van der Waals surface area contributed by atoms with E-state index < -0.39 is 0 Å². The molecular weight excluding hydrogens is 370 g/mol. The minimum absolute atomic E-state index is 0.0560. The van der Waals surface area contributed by atoms with Gasteiger partial charge in [-0.15, -0.1) is 0 Å².